The van der Waals surface area contributed by atoms with Crippen molar-refractivity contribution in [3.8, 4) is 16.9 Å². The molecule has 0 unspecified atom stereocenters. The van der Waals surface area contributed by atoms with Crippen LogP contribution in [0.25, 0.3) is 22.2 Å². The lowest BCUT2D eigenvalue weighted by atomic mass is 9.94. The van der Waals surface area contributed by atoms with E-state index in [1.165, 1.54) is 30.5 Å². The monoisotopic (exact) mass is 662 g/mol. The summed E-state index contributed by atoms with van der Waals surface area (Å²) in [6.07, 6.45) is -1.96. The quantitative estimate of drug-likeness (QED) is 0.158. The van der Waals surface area contributed by atoms with E-state index in [4.69, 9.17) is 0 Å². The molecule has 0 bridgehead atoms. The van der Waals surface area contributed by atoms with Crippen LogP contribution in [-0.4, -0.2) is 37.5 Å². The summed E-state index contributed by atoms with van der Waals surface area (Å²) in [5.74, 6) is -8.21. The van der Waals surface area contributed by atoms with Gasteiger partial charge in [-0.1, -0.05) is 12.1 Å². The van der Waals surface area contributed by atoms with E-state index in [0.717, 1.165) is 12.1 Å². The van der Waals surface area contributed by atoms with Crippen LogP contribution in [0.3, 0.4) is 0 Å². The van der Waals surface area contributed by atoms with Crippen LogP contribution < -0.4 is 10.1 Å². The molecule has 16 heteroatoms. The van der Waals surface area contributed by atoms with E-state index >= 15 is 8.78 Å². The zero-order chi connectivity index (χ0) is 33.2. The maximum Gasteiger partial charge on any atom is 0.387 e. The summed E-state index contributed by atoms with van der Waals surface area (Å²) in [6.45, 7) is -3.93. The molecule has 7 rings (SSSR count). The smallest absolute Gasteiger partial charge is 0.387 e. The van der Waals surface area contributed by atoms with Gasteiger partial charge < -0.3 is 10.1 Å². The topological polar surface area (TPSA) is 97.7 Å². The number of carbonyl (C=O) groups excluding carboxylic acids is 1. The van der Waals surface area contributed by atoms with E-state index in [0.29, 0.717) is 32.9 Å². The van der Waals surface area contributed by atoms with E-state index in [1.807, 2.05) is 0 Å². The van der Waals surface area contributed by atoms with Crippen molar-refractivity contribution in [2.75, 3.05) is 0 Å². The lowest BCUT2D eigenvalue weighted by Crippen LogP contribution is -2.35. The van der Waals surface area contributed by atoms with E-state index < -0.39 is 72.3 Å². The Morgan fingerprint density at radius 1 is 1.04 bits per heavy atom. The number of halogens is 8. The summed E-state index contributed by atoms with van der Waals surface area (Å²) >= 11 is 0. The maximum absolute atomic E-state index is 15.1. The highest BCUT2D eigenvalue weighted by atomic mass is 19.3. The van der Waals surface area contributed by atoms with Gasteiger partial charge in [0.15, 0.2) is 0 Å². The van der Waals surface area contributed by atoms with Crippen LogP contribution in [0.4, 0.5) is 35.1 Å². The van der Waals surface area contributed by atoms with E-state index in [9.17, 15) is 31.1 Å². The highest BCUT2D eigenvalue weighted by Gasteiger charge is 2.67. The largest absolute Gasteiger partial charge is 0.435 e. The van der Waals surface area contributed by atoms with Crippen LogP contribution in [-0.2, 0) is 23.7 Å². The minimum Gasteiger partial charge on any atom is -0.435 e. The van der Waals surface area contributed by atoms with Crippen molar-refractivity contribution in [1.82, 2.24) is 30.3 Å². The fourth-order valence-electron chi connectivity index (χ4n) is 6.34. The molecule has 1 saturated carbocycles. The van der Waals surface area contributed by atoms with Crippen molar-refractivity contribution in [1.29, 1.82) is 0 Å². The second-order valence-electron chi connectivity index (χ2n) is 11.4. The first-order chi connectivity index (χ1) is 22.4. The van der Waals surface area contributed by atoms with Crippen LogP contribution in [0, 0.1) is 17.6 Å². The number of hydrogen-bond acceptors (Lipinski definition) is 5. The van der Waals surface area contributed by atoms with Gasteiger partial charge in [-0.15, -0.1) is 0 Å². The number of fused-ring (bicyclic) bond motifs is 4. The summed E-state index contributed by atoms with van der Waals surface area (Å²) in [4.78, 5) is 18.1. The highest BCUT2D eigenvalue weighted by molar-refractivity contribution is 5.83. The number of aromatic amines is 1. The molecule has 5 aromatic rings. The number of nitrogens with one attached hydrogen (secondary N) is 2. The summed E-state index contributed by atoms with van der Waals surface area (Å²) in [5, 5.41) is 13.1. The molecular weight excluding hydrogens is 640 g/mol. The Balaban J connectivity index is 1.28. The molecule has 3 heterocycles. The van der Waals surface area contributed by atoms with Crippen LogP contribution in [0.1, 0.15) is 53.0 Å². The first-order valence-corrected chi connectivity index (χ1v) is 14.3. The van der Waals surface area contributed by atoms with Crippen molar-refractivity contribution >= 4 is 16.9 Å². The predicted octanol–water partition coefficient (Wildman–Crippen LogP) is 6.95. The molecule has 3 atom stereocenters. The molecule has 0 spiro atoms. The van der Waals surface area contributed by atoms with Gasteiger partial charge >= 0.3 is 6.61 Å². The van der Waals surface area contributed by atoms with Crippen LogP contribution in [0.5, 0.6) is 5.75 Å². The van der Waals surface area contributed by atoms with Crippen LogP contribution in [0.2, 0.25) is 0 Å². The summed E-state index contributed by atoms with van der Waals surface area (Å²) < 4.78 is 117. The molecule has 2 N–H and O–H groups in total. The minimum atomic E-state index is -3.46. The molecule has 0 saturated heterocycles. The second-order valence-corrected chi connectivity index (χ2v) is 11.4. The van der Waals surface area contributed by atoms with Gasteiger partial charge in [0.2, 0.25) is 5.91 Å². The molecule has 3 aromatic heterocycles. The molecule has 1 amide bonds. The zero-order valence-electron chi connectivity index (χ0n) is 23.8. The van der Waals surface area contributed by atoms with Gasteiger partial charge in [0.1, 0.15) is 40.8 Å². The fraction of sp³-hybridized carbons (Fsp3) is 0.290. The standard InChI is InChI=1S/C31H22F8N6O2/c32-15-5-13(6-16(33)8-15)7-22(41-24(46)12-45-28-25(27(44-45)29(34)35)19-9-20(19)31(28,38)39)26-18(10-21-23(42-26)11-40-43-21)14-1-3-17(4-2-14)47-30(36)37/h1-6,8,10-11,19-20,22,29-30H,7,9,12H2,(H,40,43)(H,41,46)/t19-,20+,22-/m0/s1. The molecule has 2 aliphatic carbocycles. The SMILES string of the molecule is O=C(Cn1nc(C(F)F)c2c1C(F)(F)[C@@H]1C[C@H]21)N[C@@H](Cc1cc(F)cc(F)c1)c1nc2cn[nH]c2cc1-c1ccc(OC(F)F)cc1. The maximum atomic E-state index is 15.1. The van der Waals surface area contributed by atoms with Crippen molar-refractivity contribution in [2.45, 2.75) is 50.3 Å². The molecule has 0 radical (unpaired) electrons. The van der Waals surface area contributed by atoms with Crippen LogP contribution >= 0.6 is 0 Å². The number of H-pyrrole nitrogens is 1. The number of alkyl halides is 6. The molecule has 47 heavy (non-hydrogen) atoms. The molecule has 2 aromatic carbocycles. The molecule has 2 aliphatic rings. The van der Waals surface area contributed by atoms with E-state index in [1.54, 1.807) is 6.07 Å². The Bertz CT molecular complexity index is 1970. The van der Waals surface area contributed by atoms with E-state index in [-0.39, 0.29) is 35.4 Å². The number of nitrogens with zero attached hydrogens (tertiary/aromatic N) is 4. The van der Waals surface area contributed by atoms with Gasteiger partial charge in [-0.05, 0) is 60.2 Å². The van der Waals surface area contributed by atoms with Gasteiger partial charge in [-0.2, -0.15) is 27.8 Å². The zero-order valence-corrected chi connectivity index (χ0v) is 23.8. The van der Waals surface area contributed by atoms with Crippen molar-refractivity contribution in [3.05, 3.63) is 94.6 Å². The Kier molecular flexibility index (Phi) is 7.39. The summed E-state index contributed by atoms with van der Waals surface area (Å²) in [7, 11) is 0. The average Bonchev–Trinajstić information content (AvgIpc) is 3.41. The number of pyridine rings is 1. The first-order valence-electron chi connectivity index (χ1n) is 14.3. The van der Waals surface area contributed by atoms with E-state index in [2.05, 4.69) is 30.3 Å². The Hall–Kier alpha value is -5.02. The molecule has 8 nitrogen and oxygen atoms in total. The number of carbonyl (C=O) groups is 1. The van der Waals surface area contributed by atoms with Gasteiger partial charge in [0.25, 0.3) is 12.3 Å². The third-order valence-corrected chi connectivity index (χ3v) is 8.33. The number of amides is 1. The summed E-state index contributed by atoms with van der Waals surface area (Å²) in [6, 6.07) is 8.63. The van der Waals surface area contributed by atoms with Crippen molar-refractivity contribution < 1.29 is 44.7 Å². The third kappa shape index (κ3) is 5.65. The second kappa shape index (κ2) is 11.3. The van der Waals surface area contributed by atoms with Crippen molar-refractivity contribution in [2.24, 2.45) is 5.92 Å². The number of ether oxygens (including phenoxy) is 1. The van der Waals surface area contributed by atoms with Gasteiger partial charge in [-0.25, -0.2) is 22.5 Å². The molecule has 0 aliphatic heterocycles. The molecular formula is C31H22F8N6O2. The van der Waals surface area contributed by atoms with Crippen LogP contribution in [0.15, 0.2) is 54.7 Å². The fourth-order valence-corrected chi connectivity index (χ4v) is 6.34. The Labute approximate surface area is 259 Å². The van der Waals surface area contributed by atoms with Crippen molar-refractivity contribution in [3.63, 3.8) is 0 Å². The Morgan fingerprint density at radius 3 is 2.45 bits per heavy atom. The third-order valence-electron chi connectivity index (χ3n) is 8.33. The first kappa shape index (κ1) is 30.6. The average molecular weight is 663 g/mol. The summed E-state index contributed by atoms with van der Waals surface area (Å²) in [5.41, 5.74) is 0.0333. The molecule has 1 fully saturated rings. The normalized spacial score (nSPS) is 18.4. The van der Waals surface area contributed by atoms with Gasteiger partial charge in [-0.3, -0.25) is 14.6 Å². The highest BCUT2D eigenvalue weighted by Crippen LogP contribution is 2.68. The number of aromatic nitrogens is 5. The number of benzene rings is 2. The van der Waals surface area contributed by atoms with Gasteiger partial charge in [0, 0.05) is 23.1 Å². The lowest BCUT2D eigenvalue weighted by molar-refractivity contribution is -0.123. The van der Waals surface area contributed by atoms with Gasteiger partial charge in [0.05, 0.1) is 23.4 Å². The molecule has 244 valence electrons. The minimum absolute atomic E-state index is 0.0457. The Morgan fingerprint density at radius 2 is 1.77 bits per heavy atom. The number of hydrogen-bond donors (Lipinski definition) is 2. The lowest BCUT2D eigenvalue weighted by Gasteiger charge is -2.23. The number of rotatable bonds is 10. The predicted molar refractivity (Wildman–Crippen MR) is 149 cm³/mol.